The van der Waals surface area contributed by atoms with Gasteiger partial charge in [0.25, 0.3) is 6.43 Å². The Morgan fingerprint density at radius 1 is 1.30 bits per heavy atom. The number of rotatable bonds is 9. The van der Waals surface area contributed by atoms with Crippen LogP contribution in [0.1, 0.15) is 32.1 Å². The molecular formula is C14H24F2N2O2. The number of nitrogens with zero attached hydrogens (tertiary/aromatic N) is 1. The van der Waals surface area contributed by atoms with Crippen LogP contribution in [-0.2, 0) is 9.53 Å². The summed E-state index contributed by atoms with van der Waals surface area (Å²) in [7, 11) is 0. The summed E-state index contributed by atoms with van der Waals surface area (Å²) in [4.78, 5) is 14.1. The highest BCUT2D eigenvalue weighted by Crippen LogP contribution is 2.30. The summed E-state index contributed by atoms with van der Waals surface area (Å²) in [6, 6.07) is 0.389. The summed E-state index contributed by atoms with van der Waals surface area (Å²) in [5.74, 6) is 0.669. The number of halogens is 2. The molecule has 20 heavy (non-hydrogen) atoms. The van der Waals surface area contributed by atoms with Crippen molar-refractivity contribution in [3.05, 3.63) is 0 Å². The molecule has 1 heterocycles. The number of carbonyl (C=O) groups is 1. The largest absolute Gasteiger partial charge is 0.375 e. The van der Waals surface area contributed by atoms with E-state index in [4.69, 9.17) is 4.74 Å². The molecule has 1 aliphatic carbocycles. The Labute approximate surface area is 118 Å². The Hall–Kier alpha value is -0.750. The Morgan fingerprint density at radius 3 is 2.70 bits per heavy atom. The lowest BCUT2D eigenvalue weighted by Gasteiger charge is -2.26. The Bertz CT molecular complexity index is 306. The lowest BCUT2D eigenvalue weighted by molar-refractivity contribution is -0.133. The van der Waals surface area contributed by atoms with Gasteiger partial charge in [-0.25, -0.2) is 8.78 Å². The molecule has 0 aromatic heterocycles. The van der Waals surface area contributed by atoms with E-state index >= 15 is 0 Å². The Balaban J connectivity index is 1.70. The molecule has 1 amide bonds. The lowest BCUT2D eigenvalue weighted by atomic mass is 10.2. The molecule has 116 valence electrons. The van der Waals surface area contributed by atoms with Crippen LogP contribution in [0.25, 0.3) is 0 Å². The standard InChI is InChI=1S/C14H24F2N2O2/c15-13(16)10-20-7-5-14(19)18(8-11-3-4-11)9-12-2-1-6-17-12/h11-13,17H,1-10H2. The number of hydrogen-bond donors (Lipinski definition) is 1. The molecule has 1 aliphatic heterocycles. The molecule has 6 heteroatoms. The molecule has 1 saturated carbocycles. The van der Waals surface area contributed by atoms with Crippen molar-refractivity contribution in [2.45, 2.75) is 44.6 Å². The van der Waals surface area contributed by atoms with Crippen LogP contribution in [0.4, 0.5) is 8.78 Å². The van der Waals surface area contributed by atoms with Gasteiger partial charge < -0.3 is 15.0 Å². The number of nitrogens with one attached hydrogen (secondary N) is 1. The van der Waals surface area contributed by atoms with Crippen LogP contribution in [0.15, 0.2) is 0 Å². The van der Waals surface area contributed by atoms with E-state index in [-0.39, 0.29) is 18.9 Å². The van der Waals surface area contributed by atoms with Gasteiger partial charge in [-0.1, -0.05) is 0 Å². The second-order valence-electron chi connectivity index (χ2n) is 5.75. The first-order valence-corrected chi connectivity index (χ1v) is 7.52. The van der Waals surface area contributed by atoms with Crippen LogP contribution in [-0.4, -0.2) is 56.1 Å². The molecule has 1 N–H and O–H groups in total. The maximum absolute atomic E-state index is 12.2. The summed E-state index contributed by atoms with van der Waals surface area (Å²) < 4.78 is 28.7. The maximum Gasteiger partial charge on any atom is 0.261 e. The van der Waals surface area contributed by atoms with E-state index in [2.05, 4.69) is 5.32 Å². The zero-order valence-electron chi connectivity index (χ0n) is 11.8. The predicted octanol–water partition coefficient (Wildman–Crippen LogP) is 1.65. The SMILES string of the molecule is O=C(CCOCC(F)F)N(CC1CC1)CC1CCCN1. The van der Waals surface area contributed by atoms with Crippen molar-refractivity contribution in [3.8, 4) is 0 Å². The second kappa shape index (κ2) is 7.88. The monoisotopic (exact) mass is 290 g/mol. The van der Waals surface area contributed by atoms with E-state index in [1.54, 1.807) is 0 Å². The topological polar surface area (TPSA) is 41.6 Å². The summed E-state index contributed by atoms with van der Waals surface area (Å²) in [6.45, 7) is 2.08. The van der Waals surface area contributed by atoms with Crippen LogP contribution in [0.2, 0.25) is 0 Å². The average molecular weight is 290 g/mol. The predicted molar refractivity (Wildman–Crippen MR) is 71.8 cm³/mol. The number of carbonyl (C=O) groups excluding carboxylic acids is 1. The molecule has 1 unspecified atom stereocenters. The van der Waals surface area contributed by atoms with Crippen LogP contribution in [0.5, 0.6) is 0 Å². The lowest BCUT2D eigenvalue weighted by Crippen LogP contribution is -2.42. The zero-order valence-corrected chi connectivity index (χ0v) is 11.8. The number of amides is 1. The van der Waals surface area contributed by atoms with Gasteiger partial charge in [0, 0.05) is 19.1 Å². The van der Waals surface area contributed by atoms with Gasteiger partial charge >= 0.3 is 0 Å². The Morgan fingerprint density at radius 2 is 2.10 bits per heavy atom. The van der Waals surface area contributed by atoms with Crippen molar-refractivity contribution in [1.29, 1.82) is 0 Å². The highest BCUT2D eigenvalue weighted by atomic mass is 19.3. The van der Waals surface area contributed by atoms with Crippen LogP contribution in [0.3, 0.4) is 0 Å². The summed E-state index contributed by atoms with van der Waals surface area (Å²) in [6.07, 6.45) is 2.40. The van der Waals surface area contributed by atoms with Gasteiger partial charge in [-0.2, -0.15) is 0 Å². The molecule has 1 atom stereocenters. The zero-order chi connectivity index (χ0) is 14.4. The van der Waals surface area contributed by atoms with Crippen molar-refractivity contribution >= 4 is 5.91 Å². The van der Waals surface area contributed by atoms with E-state index in [1.165, 1.54) is 12.8 Å². The third-order valence-corrected chi connectivity index (χ3v) is 3.84. The molecule has 1 saturated heterocycles. The second-order valence-corrected chi connectivity index (χ2v) is 5.75. The number of ether oxygens (including phenoxy) is 1. The summed E-state index contributed by atoms with van der Waals surface area (Å²) in [5.41, 5.74) is 0. The molecule has 2 fully saturated rings. The fourth-order valence-electron chi connectivity index (χ4n) is 2.56. The smallest absolute Gasteiger partial charge is 0.261 e. The summed E-state index contributed by atoms with van der Waals surface area (Å²) >= 11 is 0. The van der Waals surface area contributed by atoms with Crippen molar-refractivity contribution in [2.75, 3.05) is 32.8 Å². The van der Waals surface area contributed by atoms with Gasteiger partial charge in [0.1, 0.15) is 6.61 Å². The molecule has 0 radical (unpaired) electrons. The quantitative estimate of drug-likeness (QED) is 0.657. The average Bonchev–Trinajstić information content (AvgIpc) is 3.07. The van der Waals surface area contributed by atoms with Gasteiger partial charge in [0.2, 0.25) is 5.91 Å². The fraction of sp³-hybridized carbons (Fsp3) is 0.929. The van der Waals surface area contributed by atoms with Crippen LogP contribution >= 0.6 is 0 Å². The van der Waals surface area contributed by atoms with E-state index in [0.717, 1.165) is 32.5 Å². The van der Waals surface area contributed by atoms with Gasteiger partial charge in [-0.05, 0) is 38.1 Å². The van der Waals surface area contributed by atoms with Crippen molar-refractivity contribution in [3.63, 3.8) is 0 Å². The minimum Gasteiger partial charge on any atom is -0.375 e. The first kappa shape index (κ1) is 15.6. The van der Waals surface area contributed by atoms with Gasteiger partial charge in [-0.3, -0.25) is 4.79 Å². The van der Waals surface area contributed by atoms with Crippen LogP contribution < -0.4 is 5.32 Å². The molecular weight excluding hydrogens is 266 g/mol. The van der Waals surface area contributed by atoms with Gasteiger partial charge in [-0.15, -0.1) is 0 Å². The molecule has 0 aromatic carbocycles. The minimum atomic E-state index is -2.46. The third-order valence-electron chi connectivity index (χ3n) is 3.84. The fourth-order valence-corrected chi connectivity index (χ4v) is 2.56. The van der Waals surface area contributed by atoms with E-state index in [1.807, 2.05) is 4.90 Å². The molecule has 4 nitrogen and oxygen atoms in total. The molecule has 0 aromatic rings. The van der Waals surface area contributed by atoms with Crippen molar-refractivity contribution in [2.24, 2.45) is 5.92 Å². The van der Waals surface area contributed by atoms with E-state index < -0.39 is 13.0 Å². The minimum absolute atomic E-state index is 0.0277. The third kappa shape index (κ3) is 5.71. The molecule has 2 rings (SSSR count). The van der Waals surface area contributed by atoms with E-state index in [0.29, 0.717) is 12.0 Å². The first-order chi connectivity index (χ1) is 9.65. The highest BCUT2D eigenvalue weighted by Gasteiger charge is 2.28. The molecule has 0 spiro atoms. The first-order valence-electron chi connectivity index (χ1n) is 7.52. The van der Waals surface area contributed by atoms with Crippen molar-refractivity contribution in [1.82, 2.24) is 10.2 Å². The molecule has 0 bridgehead atoms. The van der Waals surface area contributed by atoms with Crippen molar-refractivity contribution < 1.29 is 18.3 Å². The molecule has 2 aliphatic rings. The number of hydrogen-bond acceptors (Lipinski definition) is 3. The van der Waals surface area contributed by atoms with E-state index in [9.17, 15) is 13.6 Å². The Kier molecular flexibility index (Phi) is 6.16. The number of alkyl halides is 2. The normalized spacial score (nSPS) is 22.4. The van der Waals surface area contributed by atoms with Gasteiger partial charge in [0.05, 0.1) is 13.0 Å². The summed E-state index contributed by atoms with van der Waals surface area (Å²) in [5, 5.41) is 3.39. The van der Waals surface area contributed by atoms with Crippen LogP contribution in [0, 0.1) is 5.92 Å². The maximum atomic E-state index is 12.2. The highest BCUT2D eigenvalue weighted by molar-refractivity contribution is 5.76. The van der Waals surface area contributed by atoms with Gasteiger partial charge in [0.15, 0.2) is 0 Å².